The molecule has 0 aliphatic rings. The molecular weight excluding hydrogens is 255 g/mol. The summed E-state index contributed by atoms with van der Waals surface area (Å²) >= 11 is 5.92. The lowest BCUT2D eigenvalue weighted by molar-refractivity contribution is 0.445. The zero-order valence-corrected chi connectivity index (χ0v) is 9.91. The molecule has 0 atom stereocenters. The quantitative estimate of drug-likeness (QED) is 0.839. The van der Waals surface area contributed by atoms with E-state index in [1.807, 2.05) is 6.07 Å². The smallest absolute Gasteiger partial charge is 0.185 e. The zero-order valence-electron chi connectivity index (χ0n) is 9.15. The van der Waals surface area contributed by atoms with Crippen molar-refractivity contribution in [3.63, 3.8) is 0 Å². The molecule has 0 saturated carbocycles. The number of para-hydroxylation sites is 1. The summed E-state index contributed by atoms with van der Waals surface area (Å²) in [6, 6.07) is 10.6. The SMILES string of the molecule is N#Cc1ccc(Oc2c(N)cccc2F)c(Cl)c1. The number of anilines is 1. The molecule has 0 radical (unpaired) electrons. The van der Waals surface area contributed by atoms with Crippen molar-refractivity contribution in [2.45, 2.75) is 0 Å². The van der Waals surface area contributed by atoms with Gasteiger partial charge in [0, 0.05) is 0 Å². The number of nitrogens with zero attached hydrogens (tertiary/aromatic N) is 1. The van der Waals surface area contributed by atoms with E-state index in [0.29, 0.717) is 5.56 Å². The van der Waals surface area contributed by atoms with E-state index in [1.54, 1.807) is 0 Å². The Hall–Kier alpha value is -2.25. The Morgan fingerprint density at radius 3 is 2.67 bits per heavy atom. The summed E-state index contributed by atoms with van der Waals surface area (Å²) in [5.74, 6) is -0.410. The molecule has 5 heteroatoms. The van der Waals surface area contributed by atoms with Crippen LogP contribution in [0.3, 0.4) is 0 Å². The maximum absolute atomic E-state index is 13.5. The normalized spacial score (nSPS) is 9.83. The maximum atomic E-state index is 13.5. The van der Waals surface area contributed by atoms with Crippen LogP contribution >= 0.6 is 11.6 Å². The number of hydrogen-bond donors (Lipinski definition) is 1. The second-order valence-electron chi connectivity index (χ2n) is 3.52. The lowest BCUT2D eigenvalue weighted by Crippen LogP contribution is -1.95. The lowest BCUT2D eigenvalue weighted by atomic mass is 10.2. The maximum Gasteiger partial charge on any atom is 0.185 e. The minimum atomic E-state index is -0.574. The van der Waals surface area contributed by atoms with Crippen molar-refractivity contribution in [1.82, 2.24) is 0 Å². The fraction of sp³-hybridized carbons (Fsp3) is 0. The molecule has 0 amide bonds. The fourth-order valence-electron chi connectivity index (χ4n) is 1.40. The van der Waals surface area contributed by atoms with E-state index in [-0.39, 0.29) is 22.2 Å². The molecule has 0 aliphatic heterocycles. The van der Waals surface area contributed by atoms with E-state index < -0.39 is 5.82 Å². The predicted molar refractivity (Wildman–Crippen MR) is 67.1 cm³/mol. The number of nitrogens with two attached hydrogens (primary N) is 1. The first-order valence-electron chi connectivity index (χ1n) is 5.03. The van der Waals surface area contributed by atoms with E-state index >= 15 is 0 Å². The molecule has 2 aromatic rings. The Kier molecular flexibility index (Phi) is 3.35. The number of nitrogen functional groups attached to an aromatic ring is 1. The van der Waals surface area contributed by atoms with Crippen LogP contribution in [0.4, 0.5) is 10.1 Å². The molecule has 2 aromatic carbocycles. The average Bonchev–Trinajstić information content (AvgIpc) is 2.35. The number of rotatable bonds is 2. The number of benzene rings is 2. The van der Waals surface area contributed by atoms with Gasteiger partial charge in [0.05, 0.1) is 22.3 Å². The third kappa shape index (κ3) is 2.36. The molecule has 0 aliphatic carbocycles. The summed E-state index contributed by atoms with van der Waals surface area (Å²) in [4.78, 5) is 0. The van der Waals surface area contributed by atoms with Crippen LogP contribution in [0.25, 0.3) is 0 Å². The monoisotopic (exact) mass is 262 g/mol. The van der Waals surface area contributed by atoms with Gasteiger partial charge < -0.3 is 10.5 Å². The van der Waals surface area contributed by atoms with E-state index in [4.69, 9.17) is 27.3 Å². The van der Waals surface area contributed by atoms with Gasteiger partial charge in [0.15, 0.2) is 11.6 Å². The third-order valence-electron chi connectivity index (χ3n) is 2.27. The number of nitriles is 1. The molecule has 0 fully saturated rings. The van der Waals surface area contributed by atoms with Crippen LogP contribution in [-0.2, 0) is 0 Å². The molecule has 0 bridgehead atoms. The van der Waals surface area contributed by atoms with Gasteiger partial charge in [-0.15, -0.1) is 0 Å². The molecule has 0 heterocycles. The standard InChI is InChI=1S/C13H8ClFN2O/c14-9-6-8(7-16)4-5-12(9)18-13-10(15)2-1-3-11(13)17/h1-6H,17H2. The number of hydrogen-bond acceptors (Lipinski definition) is 3. The molecule has 0 unspecified atom stereocenters. The van der Waals surface area contributed by atoms with Crippen LogP contribution in [0.5, 0.6) is 11.5 Å². The van der Waals surface area contributed by atoms with E-state index in [2.05, 4.69) is 0 Å². The fourth-order valence-corrected chi connectivity index (χ4v) is 1.62. The van der Waals surface area contributed by atoms with Gasteiger partial charge in [0.2, 0.25) is 0 Å². The first-order chi connectivity index (χ1) is 8.61. The van der Waals surface area contributed by atoms with E-state index in [1.165, 1.54) is 36.4 Å². The average molecular weight is 263 g/mol. The third-order valence-corrected chi connectivity index (χ3v) is 2.57. The summed E-state index contributed by atoms with van der Waals surface area (Å²) in [5.41, 5.74) is 6.19. The van der Waals surface area contributed by atoms with Gasteiger partial charge in [-0.25, -0.2) is 4.39 Å². The topological polar surface area (TPSA) is 59.0 Å². The number of halogens is 2. The van der Waals surface area contributed by atoms with E-state index in [9.17, 15) is 4.39 Å². The summed E-state index contributed by atoms with van der Waals surface area (Å²) < 4.78 is 18.8. The molecule has 18 heavy (non-hydrogen) atoms. The highest BCUT2D eigenvalue weighted by atomic mass is 35.5. The highest BCUT2D eigenvalue weighted by Gasteiger charge is 2.11. The van der Waals surface area contributed by atoms with Crippen LogP contribution in [0.1, 0.15) is 5.56 Å². The molecule has 3 nitrogen and oxygen atoms in total. The van der Waals surface area contributed by atoms with Gasteiger partial charge in [0.1, 0.15) is 5.75 Å². The second kappa shape index (κ2) is 4.94. The van der Waals surface area contributed by atoms with Gasteiger partial charge in [0.25, 0.3) is 0 Å². The largest absolute Gasteiger partial charge is 0.451 e. The van der Waals surface area contributed by atoms with Crippen molar-refractivity contribution < 1.29 is 9.13 Å². The summed E-state index contributed by atoms with van der Waals surface area (Å²) in [6.45, 7) is 0. The van der Waals surface area contributed by atoms with Crippen molar-refractivity contribution in [1.29, 1.82) is 5.26 Å². The van der Waals surface area contributed by atoms with Crippen LogP contribution in [-0.4, -0.2) is 0 Å². The summed E-state index contributed by atoms with van der Waals surface area (Å²) in [5, 5.41) is 8.92. The minimum Gasteiger partial charge on any atom is -0.451 e. The van der Waals surface area contributed by atoms with Crippen molar-refractivity contribution in [3.8, 4) is 17.6 Å². The Morgan fingerprint density at radius 2 is 2.06 bits per heavy atom. The highest BCUT2D eigenvalue weighted by Crippen LogP contribution is 2.34. The first-order valence-corrected chi connectivity index (χ1v) is 5.41. The Morgan fingerprint density at radius 1 is 1.28 bits per heavy atom. The lowest BCUT2D eigenvalue weighted by Gasteiger charge is -2.10. The van der Waals surface area contributed by atoms with Gasteiger partial charge in [-0.2, -0.15) is 5.26 Å². The number of ether oxygens (including phenoxy) is 1. The Balaban J connectivity index is 2.38. The molecule has 0 spiro atoms. The second-order valence-corrected chi connectivity index (χ2v) is 3.92. The van der Waals surface area contributed by atoms with Gasteiger partial charge >= 0.3 is 0 Å². The summed E-state index contributed by atoms with van der Waals surface area (Å²) in [6.07, 6.45) is 0. The van der Waals surface area contributed by atoms with Crippen molar-refractivity contribution in [2.75, 3.05) is 5.73 Å². The minimum absolute atomic E-state index is 0.0795. The molecular formula is C13H8ClFN2O. The highest BCUT2D eigenvalue weighted by molar-refractivity contribution is 6.32. The first kappa shape index (κ1) is 12.2. The Labute approximate surface area is 108 Å². The summed E-state index contributed by atoms with van der Waals surface area (Å²) in [7, 11) is 0. The zero-order chi connectivity index (χ0) is 13.1. The van der Waals surface area contributed by atoms with Crippen LogP contribution < -0.4 is 10.5 Å². The van der Waals surface area contributed by atoms with Crippen molar-refractivity contribution >= 4 is 17.3 Å². The Bertz CT molecular complexity index is 617. The van der Waals surface area contributed by atoms with Gasteiger partial charge in [-0.3, -0.25) is 0 Å². The van der Waals surface area contributed by atoms with Crippen LogP contribution in [0, 0.1) is 17.1 Å². The molecule has 0 aromatic heterocycles. The molecule has 2 N–H and O–H groups in total. The molecule has 90 valence electrons. The van der Waals surface area contributed by atoms with Gasteiger partial charge in [-0.1, -0.05) is 17.7 Å². The van der Waals surface area contributed by atoms with Crippen LogP contribution in [0.15, 0.2) is 36.4 Å². The van der Waals surface area contributed by atoms with Crippen molar-refractivity contribution in [3.05, 3.63) is 52.8 Å². The molecule has 0 saturated heterocycles. The molecule has 2 rings (SSSR count). The van der Waals surface area contributed by atoms with E-state index in [0.717, 1.165) is 0 Å². The van der Waals surface area contributed by atoms with Crippen molar-refractivity contribution in [2.24, 2.45) is 0 Å². The van der Waals surface area contributed by atoms with Crippen LogP contribution in [0.2, 0.25) is 5.02 Å². The predicted octanol–water partition coefficient (Wildman–Crippen LogP) is 3.73. The van der Waals surface area contributed by atoms with Gasteiger partial charge in [-0.05, 0) is 30.3 Å².